The molecule has 0 saturated heterocycles. The number of hydrogen-bond acceptors (Lipinski definition) is 2. The fraction of sp³-hybridized carbons (Fsp3) is 0.200. The maximum Gasteiger partial charge on any atom is 0.251 e. The first kappa shape index (κ1) is 17.2. The zero-order valence-corrected chi connectivity index (χ0v) is 15.1. The largest absolute Gasteiger partial charge is 0.324 e. The SMILES string of the molecule is Cc1cc(C)c2c(c1)c(C)cc(=O)n2CC(=O)Nc1cccc(Cl)c1. The number of benzene rings is 2. The molecule has 1 heterocycles. The number of carbonyl (C=O) groups excluding carboxylic acids is 1. The number of nitrogens with zero attached hydrogens (tertiary/aromatic N) is 1. The molecule has 0 aliphatic carbocycles. The highest BCUT2D eigenvalue weighted by Crippen LogP contribution is 2.22. The van der Waals surface area contributed by atoms with E-state index in [2.05, 4.69) is 5.32 Å². The molecule has 3 aromatic rings. The Morgan fingerprint density at radius 2 is 1.84 bits per heavy atom. The average molecular weight is 355 g/mol. The molecule has 2 aromatic carbocycles. The molecule has 0 fully saturated rings. The van der Waals surface area contributed by atoms with Crippen LogP contribution in [0.3, 0.4) is 0 Å². The van der Waals surface area contributed by atoms with Crippen LogP contribution in [0.15, 0.2) is 47.3 Å². The summed E-state index contributed by atoms with van der Waals surface area (Å²) in [5.41, 5.74) is 4.25. The molecule has 4 nitrogen and oxygen atoms in total. The highest BCUT2D eigenvalue weighted by molar-refractivity contribution is 6.30. The molecule has 0 saturated carbocycles. The molecule has 128 valence electrons. The van der Waals surface area contributed by atoms with Crippen LogP contribution in [0.25, 0.3) is 10.9 Å². The lowest BCUT2D eigenvalue weighted by Gasteiger charge is -2.15. The van der Waals surface area contributed by atoms with E-state index in [1.165, 1.54) is 4.57 Å². The number of amides is 1. The maximum absolute atomic E-state index is 12.5. The Hall–Kier alpha value is -2.59. The molecule has 0 aliphatic heterocycles. The second-order valence-electron chi connectivity index (χ2n) is 6.29. The lowest BCUT2D eigenvalue weighted by Crippen LogP contribution is -2.28. The third-order valence-electron chi connectivity index (χ3n) is 4.16. The third-order valence-corrected chi connectivity index (χ3v) is 4.39. The number of fused-ring (bicyclic) bond motifs is 1. The van der Waals surface area contributed by atoms with E-state index < -0.39 is 0 Å². The van der Waals surface area contributed by atoms with Crippen LogP contribution in [-0.4, -0.2) is 10.5 Å². The van der Waals surface area contributed by atoms with Crippen molar-refractivity contribution in [2.24, 2.45) is 0 Å². The van der Waals surface area contributed by atoms with Crippen LogP contribution in [0.2, 0.25) is 5.02 Å². The molecule has 0 unspecified atom stereocenters. The van der Waals surface area contributed by atoms with Crippen molar-refractivity contribution in [3.8, 4) is 0 Å². The van der Waals surface area contributed by atoms with Gasteiger partial charge in [0.2, 0.25) is 5.91 Å². The minimum atomic E-state index is -0.269. The number of aromatic nitrogens is 1. The maximum atomic E-state index is 12.5. The standard InChI is InChI=1S/C20H19ClN2O2/c1-12-7-14(3)20-17(8-12)13(2)9-19(25)23(20)11-18(24)22-16-6-4-5-15(21)10-16/h4-10H,11H2,1-3H3,(H,22,24). The number of anilines is 1. The summed E-state index contributed by atoms with van der Waals surface area (Å²) in [7, 11) is 0. The van der Waals surface area contributed by atoms with E-state index in [0.717, 1.165) is 27.6 Å². The average Bonchev–Trinajstić information content (AvgIpc) is 2.51. The van der Waals surface area contributed by atoms with Gasteiger partial charge in [-0.05, 0) is 56.2 Å². The summed E-state index contributed by atoms with van der Waals surface area (Å²) < 4.78 is 1.52. The number of aryl methyl sites for hydroxylation is 3. The first-order valence-corrected chi connectivity index (χ1v) is 8.40. The molecular weight excluding hydrogens is 336 g/mol. The van der Waals surface area contributed by atoms with Crippen molar-refractivity contribution in [3.05, 3.63) is 74.5 Å². The second-order valence-corrected chi connectivity index (χ2v) is 6.72. The molecule has 1 amide bonds. The summed E-state index contributed by atoms with van der Waals surface area (Å²) in [6.45, 7) is 5.85. The minimum absolute atomic E-state index is 0.0496. The smallest absolute Gasteiger partial charge is 0.251 e. The van der Waals surface area contributed by atoms with E-state index in [1.54, 1.807) is 30.3 Å². The van der Waals surface area contributed by atoms with Crippen molar-refractivity contribution in [1.82, 2.24) is 4.57 Å². The summed E-state index contributed by atoms with van der Waals surface area (Å²) in [4.78, 5) is 24.9. The number of nitrogens with one attached hydrogen (secondary N) is 1. The fourth-order valence-corrected chi connectivity index (χ4v) is 3.33. The van der Waals surface area contributed by atoms with E-state index in [0.29, 0.717) is 10.7 Å². The quantitative estimate of drug-likeness (QED) is 0.765. The van der Waals surface area contributed by atoms with E-state index in [9.17, 15) is 9.59 Å². The summed E-state index contributed by atoms with van der Waals surface area (Å²) >= 11 is 5.94. The van der Waals surface area contributed by atoms with Gasteiger partial charge in [0.05, 0.1) is 5.52 Å². The van der Waals surface area contributed by atoms with Gasteiger partial charge in [-0.15, -0.1) is 0 Å². The normalized spacial score (nSPS) is 10.9. The Morgan fingerprint density at radius 3 is 2.56 bits per heavy atom. The Bertz CT molecular complexity index is 1040. The number of rotatable bonds is 3. The topological polar surface area (TPSA) is 51.1 Å². The van der Waals surface area contributed by atoms with Gasteiger partial charge in [0.1, 0.15) is 6.54 Å². The van der Waals surface area contributed by atoms with Gasteiger partial charge < -0.3 is 5.32 Å². The first-order valence-electron chi connectivity index (χ1n) is 8.02. The van der Waals surface area contributed by atoms with Crippen LogP contribution in [-0.2, 0) is 11.3 Å². The lowest BCUT2D eigenvalue weighted by molar-refractivity contribution is -0.116. The molecule has 3 rings (SSSR count). The monoisotopic (exact) mass is 354 g/mol. The molecule has 0 atom stereocenters. The van der Waals surface area contributed by atoms with Crippen molar-refractivity contribution in [3.63, 3.8) is 0 Å². The van der Waals surface area contributed by atoms with E-state index >= 15 is 0 Å². The molecule has 0 bridgehead atoms. The van der Waals surface area contributed by atoms with Gasteiger partial charge in [-0.3, -0.25) is 14.2 Å². The highest BCUT2D eigenvalue weighted by atomic mass is 35.5. The summed E-state index contributed by atoms with van der Waals surface area (Å²) in [6.07, 6.45) is 0. The van der Waals surface area contributed by atoms with Crippen molar-refractivity contribution in [1.29, 1.82) is 0 Å². The molecule has 5 heteroatoms. The van der Waals surface area contributed by atoms with Gasteiger partial charge in [-0.25, -0.2) is 0 Å². The number of pyridine rings is 1. The van der Waals surface area contributed by atoms with Gasteiger partial charge in [0.15, 0.2) is 0 Å². The van der Waals surface area contributed by atoms with Crippen LogP contribution in [0.1, 0.15) is 16.7 Å². The predicted molar refractivity (Wildman–Crippen MR) is 103 cm³/mol. The van der Waals surface area contributed by atoms with Crippen LogP contribution in [0, 0.1) is 20.8 Å². The van der Waals surface area contributed by atoms with Crippen LogP contribution in [0.5, 0.6) is 0 Å². The van der Waals surface area contributed by atoms with Crippen LogP contribution in [0.4, 0.5) is 5.69 Å². The molecule has 1 aromatic heterocycles. The number of halogens is 1. The molecular formula is C20H19ClN2O2. The Kier molecular flexibility index (Phi) is 4.64. The van der Waals surface area contributed by atoms with E-state index in [4.69, 9.17) is 11.6 Å². The molecule has 25 heavy (non-hydrogen) atoms. The number of hydrogen-bond donors (Lipinski definition) is 1. The zero-order valence-electron chi connectivity index (χ0n) is 14.4. The Balaban J connectivity index is 2.01. The third kappa shape index (κ3) is 3.59. The Labute approximate surface area is 151 Å². The molecule has 1 N–H and O–H groups in total. The molecule has 0 spiro atoms. The lowest BCUT2D eigenvalue weighted by atomic mass is 10.0. The van der Waals surface area contributed by atoms with Crippen molar-refractivity contribution in [2.75, 3.05) is 5.32 Å². The second kappa shape index (κ2) is 6.73. The van der Waals surface area contributed by atoms with Crippen molar-refractivity contribution >= 4 is 34.1 Å². The van der Waals surface area contributed by atoms with Gasteiger partial charge in [0.25, 0.3) is 5.56 Å². The van der Waals surface area contributed by atoms with Gasteiger partial charge >= 0.3 is 0 Å². The predicted octanol–water partition coefficient (Wildman–Crippen LogP) is 4.22. The summed E-state index contributed by atoms with van der Waals surface area (Å²) in [5, 5.41) is 4.32. The fourth-order valence-electron chi connectivity index (χ4n) is 3.14. The highest BCUT2D eigenvalue weighted by Gasteiger charge is 2.13. The van der Waals surface area contributed by atoms with Crippen LogP contribution >= 0.6 is 11.6 Å². The summed E-state index contributed by atoms with van der Waals surface area (Å²) in [6, 6.07) is 12.6. The van der Waals surface area contributed by atoms with Crippen LogP contribution < -0.4 is 10.9 Å². The van der Waals surface area contributed by atoms with Gasteiger partial charge in [-0.1, -0.05) is 29.3 Å². The Morgan fingerprint density at radius 1 is 1.08 bits per heavy atom. The van der Waals surface area contributed by atoms with Gasteiger partial charge in [-0.2, -0.15) is 0 Å². The van der Waals surface area contributed by atoms with Crippen molar-refractivity contribution in [2.45, 2.75) is 27.3 Å². The minimum Gasteiger partial charge on any atom is -0.324 e. The summed E-state index contributed by atoms with van der Waals surface area (Å²) in [5.74, 6) is -0.269. The van der Waals surface area contributed by atoms with Crippen molar-refractivity contribution < 1.29 is 4.79 Å². The van der Waals surface area contributed by atoms with E-state index in [1.807, 2.05) is 32.9 Å². The van der Waals surface area contributed by atoms with E-state index in [-0.39, 0.29) is 18.0 Å². The number of carbonyl (C=O) groups is 1. The first-order chi connectivity index (χ1) is 11.8. The van der Waals surface area contributed by atoms with Gasteiger partial charge in [0, 0.05) is 22.2 Å². The zero-order chi connectivity index (χ0) is 18.1. The molecule has 0 radical (unpaired) electrons. The molecule has 0 aliphatic rings.